The van der Waals surface area contributed by atoms with E-state index in [0.29, 0.717) is 5.56 Å². The third-order valence-corrected chi connectivity index (χ3v) is 3.55. The molecule has 0 unspecified atom stereocenters. The quantitative estimate of drug-likeness (QED) is 0.591. The molecule has 0 bridgehead atoms. The summed E-state index contributed by atoms with van der Waals surface area (Å²) in [7, 11) is 0. The summed E-state index contributed by atoms with van der Waals surface area (Å²) in [6, 6.07) is 15.5. The fourth-order valence-corrected chi connectivity index (χ4v) is 2.52. The van der Waals surface area contributed by atoms with E-state index in [2.05, 4.69) is 26.0 Å². The highest BCUT2D eigenvalue weighted by Crippen LogP contribution is 2.29. The summed E-state index contributed by atoms with van der Waals surface area (Å²) in [5, 5.41) is 8.99. The zero-order chi connectivity index (χ0) is 14.9. The highest BCUT2D eigenvalue weighted by atomic mass is 14.9. The highest BCUT2D eigenvalue weighted by Gasteiger charge is 2.12. The molecule has 2 N–H and O–H groups in total. The van der Waals surface area contributed by atoms with Gasteiger partial charge in [0.25, 0.3) is 0 Å². The maximum atomic E-state index is 8.99. The summed E-state index contributed by atoms with van der Waals surface area (Å²) in [6.07, 6.45) is 3.52. The van der Waals surface area contributed by atoms with Crippen molar-refractivity contribution in [1.82, 2.24) is 19.9 Å². The molecule has 0 atom stereocenters. The van der Waals surface area contributed by atoms with Gasteiger partial charge in [-0.25, -0.2) is 9.97 Å². The molecule has 0 saturated heterocycles. The predicted octanol–water partition coefficient (Wildman–Crippen LogP) is 3.49. The summed E-state index contributed by atoms with van der Waals surface area (Å²) in [5.41, 5.74) is 4.24. The number of fused-ring (bicyclic) bond motifs is 1. The second-order valence-electron chi connectivity index (χ2n) is 4.91. The molecule has 0 aliphatic rings. The minimum atomic E-state index is 0.613. The van der Waals surface area contributed by atoms with Gasteiger partial charge in [-0.15, -0.1) is 0 Å². The summed E-state index contributed by atoms with van der Waals surface area (Å²) in [4.78, 5) is 15.3. The fourth-order valence-electron chi connectivity index (χ4n) is 2.52. The van der Waals surface area contributed by atoms with Crippen LogP contribution in [0.25, 0.3) is 33.8 Å². The number of hydrogen-bond donors (Lipinski definition) is 2. The molecule has 104 valence electrons. The normalized spacial score (nSPS) is 10.7. The Bertz CT molecular complexity index is 989. The molecule has 5 heteroatoms. The molecule has 2 aromatic heterocycles. The molecule has 4 aromatic rings. The second-order valence-corrected chi connectivity index (χ2v) is 4.91. The first-order valence-corrected chi connectivity index (χ1v) is 6.84. The van der Waals surface area contributed by atoms with Crippen LogP contribution in [0.2, 0.25) is 0 Å². The monoisotopic (exact) mass is 285 g/mol. The lowest BCUT2D eigenvalue weighted by Gasteiger charge is -2.04. The number of rotatable bonds is 2. The van der Waals surface area contributed by atoms with Crippen LogP contribution in [0.4, 0.5) is 0 Å². The van der Waals surface area contributed by atoms with Crippen LogP contribution in [0, 0.1) is 11.3 Å². The minimum absolute atomic E-state index is 0.613. The first kappa shape index (κ1) is 12.4. The number of benzene rings is 2. The predicted molar refractivity (Wildman–Crippen MR) is 83.8 cm³/mol. The highest BCUT2D eigenvalue weighted by molar-refractivity contribution is 5.84. The molecule has 0 aliphatic heterocycles. The van der Waals surface area contributed by atoms with Crippen LogP contribution in [0.1, 0.15) is 5.56 Å². The van der Waals surface area contributed by atoms with Crippen LogP contribution in [0.15, 0.2) is 54.9 Å². The second kappa shape index (κ2) is 4.86. The maximum Gasteiger partial charge on any atom is 0.139 e. The van der Waals surface area contributed by atoms with Crippen molar-refractivity contribution in [2.24, 2.45) is 0 Å². The minimum Gasteiger partial charge on any atom is -0.345 e. The van der Waals surface area contributed by atoms with Gasteiger partial charge in [0.2, 0.25) is 0 Å². The van der Waals surface area contributed by atoms with Crippen LogP contribution in [0.5, 0.6) is 0 Å². The van der Waals surface area contributed by atoms with Gasteiger partial charge in [0.1, 0.15) is 11.6 Å². The van der Waals surface area contributed by atoms with Crippen molar-refractivity contribution in [3.63, 3.8) is 0 Å². The zero-order valence-electron chi connectivity index (χ0n) is 11.5. The van der Waals surface area contributed by atoms with E-state index >= 15 is 0 Å². The van der Waals surface area contributed by atoms with Crippen LogP contribution in [-0.2, 0) is 0 Å². The third kappa shape index (κ3) is 1.95. The third-order valence-electron chi connectivity index (χ3n) is 3.55. The summed E-state index contributed by atoms with van der Waals surface area (Å²) < 4.78 is 0. The average molecular weight is 285 g/mol. The smallest absolute Gasteiger partial charge is 0.139 e. The number of hydrogen-bond acceptors (Lipinski definition) is 3. The Morgan fingerprint density at radius 2 is 1.82 bits per heavy atom. The standard InChI is InChI=1S/C17H11N5/c18-10-11-5-6-14-15(9-11)22-17(21-14)13-4-2-1-3-12(13)16-19-7-8-20-16/h1-9H,(H,19,20)(H,21,22). The molecule has 5 nitrogen and oxygen atoms in total. The number of aromatic nitrogens is 4. The summed E-state index contributed by atoms with van der Waals surface area (Å²) in [5.74, 6) is 1.56. The molecule has 2 heterocycles. The van der Waals surface area contributed by atoms with E-state index in [4.69, 9.17) is 5.26 Å². The number of nitrogens with zero attached hydrogens (tertiary/aromatic N) is 3. The van der Waals surface area contributed by atoms with Crippen LogP contribution < -0.4 is 0 Å². The van der Waals surface area contributed by atoms with E-state index in [-0.39, 0.29) is 0 Å². The van der Waals surface area contributed by atoms with E-state index in [0.717, 1.165) is 33.8 Å². The average Bonchev–Trinajstić information content (AvgIpc) is 3.23. The molecular formula is C17H11N5. The Morgan fingerprint density at radius 3 is 2.55 bits per heavy atom. The molecule has 0 aliphatic carbocycles. The van der Waals surface area contributed by atoms with Gasteiger partial charge in [0.05, 0.1) is 22.7 Å². The van der Waals surface area contributed by atoms with Gasteiger partial charge in [0.15, 0.2) is 0 Å². The van der Waals surface area contributed by atoms with Gasteiger partial charge >= 0.3 is 0 Å². The Balaban J connectivity index is 1.91. The van der Waals surface area contributed by atoms with Crippen LogP contribution in [0.3, 0.4) is 0 Å². The van der Waals surface area contributed by atoms with Crippen molar-refractivity contribution < 1.29 is 0 Å². The van der Waals surface area contributed by atoms with E-state index in [1.54, 1.807) is 24.5 Å². The topological polar surface area (TPSA) is 81.2 Å². The fraction of sp³-hybridized carbons (Fsp3) is 0. The van der Waals surface area contributed by atoms with E-state index < -0.39 is 0 Å². The van der Waals surface area contributed by atoms with Crippen LogP contribution >= 0.6 is 0 Å². The van der Waals surface area contributed by atoms with Crippen molar-refractivity contribution in [1.29, 1.82) is 5.26 Å². The first-order valence-electron chi connectivity index (χ1n) is 6.84. The molecule has 0 fully saturated rings. The van der Waals surface area contributed by atoms with Crippen LogP contribution in [-0.4, -0.2) is 19.9 Å². The number of nitrogens with one attached hydrogen (secondary N) is 2. The summed E-state index contributed by atoms with van der Waals surface area (Å²) >= 11 is 0. The van der Waals surface area contributed by atoms with Crippen molar-refractivity contribution in [2.75, 3.05) is 0 Å². The lowest BCUT2D eigenvalue weighted by Crippen LogP contribution is -1.88. The van der Waals surface area contributed by atoms with Crippen molar-refractivity contribution >= 4 is 11.0 Å². The first-order chi connectivity index (χ1) is 10.8. The lowest BCUT2D eigenvalue weighted by molar-refractivity contribution is 1.28. The van der Waals surface area contributed by atoms with Gasteiger partial charge in [-0.2, -0.15) is 5.26 Å². The number of nitriles is 1. The van der Waals surface area contributed by atoms with Gasteiger partial charge in [-0.1, -0.05) is 24.3 Å². The maximum absolute atomic E-state index is 8.99. The molecule has 0 saturated carbocycles. The van der Waals surface area contributed by atoms with Crippen molar-refractivity contribution in [2.45, 2.75) is 0 Å². The Morgan fingerprint density at radius 1 is 1.00 bits per heavy atom. The largest absolute Gasteiger partial charge is 0.345 e. The number of aromatic amines is 2. The van der Waals surface area contributed by atoms with E-state index in [9.17, 15) is 0 Å². The SMILES string of the molecule is N#Cc1ccc2nc(-c3ccccc3-c3ncc[nH]3)[nH]c2c1. The van der Waals surface area contributed by atoms with Gasteiger partial charge in [-0.3, -0.25) is 0 Å². The van der Waals surface area contributed by atoms with Crippen molar-refractivity contribution in [3.8, 4) is 28.8 Å². The Labute approximate surface area is 126 Å². The van der Waals surface area contributed by atoms with E-state index in [1.807, 2.05) is 30.3 Å². The molecular weight excluding hydrogens is 274 g/mol. The lowest BCUT2D eigenvalue weighted by atomic mass is 10.1. The van der Waals surface area contributed by atoms with Crippen molar-refractivity contribution in [3.05, 3.63) is 60.4 Å². The number of imidazole rings is 2. The van der Waals surface area contributed by atoms with Gasteiger partial charge in [-0.05, 0) is 18.2 Å². The molecule has 2 aromatic carbocycles. The Hall–Kier alpha value is -3.39. The molecule has 0 spiro atoms. The van der Waals surface area contributed by atoms with Gasteiger partial charge < -0.3 is 9.97 Å². The Kier molecular flexibility index (Phi) is 2.73. The zero-order valence-corrected chi connectivity index (χ0v) is 11.5. The summed E-state index contributed by atoms with van der Waals surface area (Å²) in [6.45, 7) is 0. The molecule has 0 radical (unpaired) electrons. The number of H-pyrrole nitrogens is 2. The molecule has 22 heavy (non-hydrogen) atoms. The van der Waals surface area contributed by atoms with E-state index in [1.165, 1.54) is 0 Å². The van der Waals surface area contributed by atoms with Gasteiger partial charge in [0, 0.05) is 23.5 Å². The molecule has 0 amide bonds. The molecule has 4 rings (SSSR count).